The zero-order valence-corrected chi connectivity index (χ0v) is 44.7. The lowest BCUT2D eigenvalue weighted by Crippen LogP contribution is -2.59. The van der Waals surface area contributed by atoms with Gasteiger partial charge < -0.3 is 50.5 Å². The molecule has 3 aliphatic rings. The molecule has 400 valence electrons. The molecule has 0 aromatic carbocycles. The highest BCUT2D eigenvalue weighted by Crippen LogP contribution is 2.47. The Hall–Kier alpha value is -4.64. The van der Waals surface area contributed by atoms with Crippen LogP contribution in [-0.4, -0.2) is 141 Å². The number of carbonyl (C=O) groups excluding carboxylic acids is 5. The van der Waals surface area contributed by atoms with E-state index in [-0.39, 0.29) is 76.2 Å². The summed E-state index contributed by atoms with van der Waals surface area (Å²) >= 11 is 1.29. The summed E-state index contributed by atoms with van der Waals surface area (Å²) in [6.45, 7) is 16.2. The second-order valence-corrected chi connectivity index (χ2v) is 21.7. The number of pyridine rings is 1. The van der Waals surface area contributed by atoms with Crippen LogP contribution in [-0.2, 0) is 49.6 Å². The number of anilines is 1. The number of fused-ring (bicyclic) bond motifs is 5. The van der Waals surface area contributed by atoms with Crippen molar-refractivity contribution in [3.63, 3.8) is 0 Å². The van der Waals surface area contributed by atoms with Crippen molar-refractivity contribution in [1.82, 2.24) is 20.2 Å². The number of Topliss-reactive ketones (excluding diaryl/α,β-unsaturated/α-hetero) is 1. The fraction of sp³-hybridized carbons (Fsp3) is 0.706. The fourth-order valence-corrected chi connectivity index (χ4v) is 11.3. The number of cyclic esters (lactones) is 1. The standard InChI is InChI=1S/C51H77FN8O11S/c1-13-37-51(10,67)35-18-17-33(59-68-25-34-16-15-32(23-54-34)46-57-38(26-72-46)56-40(62)24-55-45(65)31(7)53)19-20-49(8,22-27(3)41(29(35)5)58-39(61)14-2)44(30(6)43(64)50(9,52)48(66)70-37)71-47-42(63)36(60(11)12)21-28(4)69-47/h15-16,23,26-31,35-37,42,44,47,63,67H,13-14,17-22,24-25,53H2,1-12H3,(H,55,65)(H,56,62)/b58-41?,59-33+/t27-,28-,29-,30+,31+,35-,36+,37-,42-,44-,47+,49-,50+,51+/m1/s1. The lowest BCUT2D eigenvalue weighted by Gasteiger charge is -2.48. The van der Waals surface area contributed by atoms with E-state index in [1.54, 1.807) is 31.5 Å². The highest BCUT2D eigenvalue weighted by Gasteiger charge is 2.56. The lowest BCUT2D eigenvalue weighted by molar-refractivity contribution is -0.287. The minimum absolute atomic E-state index is 0.0276. The van der Waals surface area contributed by atoms with Gasteiger partial charge in [-0.1, -0.05) is 46.7 Å². The van der Waals surface area contributed by atoms with Crippen LogP contribution in [0.2, 0.25) is 0 Å². The van der Waals surface area contributed by atoms with E-state index in [2.05, 4.69) is 25.8 Å². The Balaban J connectivity index is 1.54. The number of hydrogen-bond donors (Lipinski definition) is 5. The van der Waals surface area contributed by atoms with E-state index in [0.717, 1.165) is 6.92 Å². The second-order valence-electron chi connectivity index (χ2n) is 20.9. The minimum atomic E-state index is -3.16. The fourth-order valence-electron chi connectivity index (χ4n) is 10.5. The number of oxime groups is 1. The molecule has 3 fully saturated rings. The molecule has 2 saturated heterocycles. The summed E-state index contributed by atoms with van der Waals surface area (Å²) in [5.74, 6) is -6.61. The monoisotopic (exact) mass is 1030 g/mol. The van der Waals surface area contributed by atoms with E-state index < -0.39 is 94.6 Å². The van der Waals surface area contributed by atoms with Crippen molar-refractivity contribution in [3.05, 3.63) is 29.4 Å². The number of nitrogens with one attached hydrogen (secondary N) is 2. The molecule has 19 nitrogen and oxygen atoms in total. The smallest absolute Gasteiger partial charge is 0.351 e. The molecule has 1 aliphatic carbocycles. The number of aliphatic hydroxyl groups is 2. The maximum absolute atomic E-state index is 17.1. The van der Waals surface area contributed by atoms with Gasteiger partial charge in [0.2, 0.25) is 17.7 Å². The Morgan fingerprint density at radius 3 is 2.43 bits per heavy atom. The van der Waals surface area contributed by atoms with Gasteiger partial charge in [-0.15, -0.1) is 11.3 Å². The molecule has 3 amide bonds. The predicted octanol–water partition coefficient (Wildman–Crippen LogP) is 5.55. The number of esters is 1. The number of aromatic nitrogens is 2. The Morgan fingerprint density at radius 2 is 1.81 bits per heavy atom. The molecule has 2 bridgehead atoms. The lowest BCUT2D eigenvalue weighted by atomic mass is 9.65. The van der Waals surface area contributed by atoms with Crippen LogP contribution >= 0.6 is 11.3 Å². The molecule has 0 radical (unpaired) electrons. The van der Waals surface area contributed by atoms with Crippen LogP contribution < -0.4 is 16.4 Å². The number of ketones is 1. The first-order valence-electron chi connectivity index (χ1n) is 25.1. The number of nitrogens with two attached hydrogens (primary N) is 1. The summed E-state index contributed by atoms with van der Waals surface area (Å²) in [7, 11) is 3.68. The van der Waals surface area contributed by atoms with Gasteiger partial charge in [-0.2, -0.15) is 0 Å². The quantitative estimate of drug-likeness (QED) is 0.0936. The first kappa shape index (κ1) is 58.3. The highest BCUT2D eigenvalue weighted by molar-refractivity contribution is 7.13. The zero-order valence-electron chi connectivity index (χ0n) is 43.9. The molecule has 6 N–H and O–H groups in total. The van der Waals surface area contributed by atoms with E-state index in [0.29, 0.717) is 39.9 Å². The molecule has 2 aromatic rings. The maximum atomic E-state index is 17.1. The average molecular weight is 1030 g/mol. The van der Waals surface area contributed by atoms with Crippen molar-refractivity contribution >= 4 is 58.1 Å². The number of aliphatic imine (C=N–C) groups is 1. The van der Waals surface area contributed by atoms with E-state index in [4.69, 9.17) is 29.8 Å². The highest BCUT2D eigenvalue weighted by atomic mass is 32.1. The molecule has 21 heteroatoms. The Bertz CT molecular complexity index is 2290. The van der Waals surface area contributed by atoms with Gasteiger partial charge in [-0.25, -0.2) is 19.2 Å². The third-order valence-corrected chi connectivity index (χ3v) is 15.6. The molecule has 14 atom stereocenters. The number of hydrogen-bond acceptors (Lipinski definition) is 17. The molecule has 72 heavy (non-hydrogen) atoms. The van der Waals surface area contributed by atoms with Crippen LogP contribution in [0.5, 0.6) is 0 Å². The largest absolute Gasteiger partial charge is 0.457 e. The summed E-state index contributed by atoms with van der Waals surface area (Å²) in [5, 5.41) is 36.5. The first-order chi connectivity index (χ1) is 33.7. The number of amides is 3. The summed E-state index contributed by atoms with van der Waals surface area (Å²) in [5.41, 5.74) is 1.82. The van der Waals surface area contributed by atoms with Crippen LogP contribution in [0, 0.1) is 29.1 Å². The zero-order chi connectivity index (χ0) is 53.5. The molecule has 5 rings (SSSR count). The second kappa shape index (κ2) is 24.6. The number of rotatable bonds is 13. The molecule has 2 aliphatic heterocycles. The van der Waals surface area contributed by atoms with Gasteiger partial charge in [0.25, 0.3) is 5.67 Å². The van der Waals surface area contributed by atoms with Gasteiger partial charge in [-0.05, 0) is 116 Å². The van der Waals surface area contributed by atoms with E-state index in [1.165, 1.54) is 32.1 Å². The van der Waals surface area contributed by atoms with Crippen LogP contribution in [0.15, 0.2) is 33.9 Å². The number of halogens is 1. The normalized spacial score (nSPS) is 34.6. The molecule has 0 spiro atoms. The van der Waals surface area contributed by atoms with E-state index in [9.17, 15) is 34.2 Å². The topological polar surface area (TPSA) is 267 Å². The molecule has 2 aromatic heterocycles. The van der Waals surface area contributed by atoms with Gasteiger partial charge in [0, 0.05) is 47.2 Å². The van der Waals surface area contributed by atoms with Gasteiger partial charge in [0.15, 0.2) is 18.7 Å². The van der Waals surface area contributed by atoms with Crippen LogP contribution in [0.3, 0.4) is 0 Å². The van der Waals surface area contributed by atoms with Crippen molar-refractivity contribution in [3.8, 4) is 10.6 Å². The number of aliphatic hydroxyl groups excluding tert-OH is 1. The van der Waals surface area contributed by atoms with Gasteiger partial charge >= 0.3 is 5.97 Å². The Morgan fingerprint density at radius 1 is 1.10 bits per heavy atom. The first-order valence-corrected chi connectivity index (χ1v) is 26.0. The van der Waals surface area contributed by atoms with Gasteiger partial charge in [0.05, 0.1) is 36.2 Å². The van der Waals surface area contributed by atoms with Crippen LogP contribution in [0.4, 0.5) is 10.2 Å². The Labute approximate surface area is 426 Å². The Kier molecular flexibility index (Phi) is 19.9. The average Bonchev–Trinajstić information content (AvgIpc) is 3.79. The number of alkyl halides is 1. The van der Waals surface area contributed by atoms with E-state index in [1.807, 2.05) is 52.8 Å². The SMILES string of the molecule is CCC(=O)N=C1[C@H](C)C[C@@]2(C)CC/C(=N/OCc3ccc(-c4nc(NC(=O)CNC(=O)[C@H](C)N)cs4)cn3)CC[C@H]([C@H]1C)[C@](C)(O)[C@@H](CC)OC(=O)[C@@](C)(F)C(=O)[C@H](C)[C@H]2O[C@@H]1O[C@H](C)C[C@H](N(C)C)[C@H]1O. The molecule has 0 unspecified atom stereocenters. The third-order valence-electron chi connectivity index (χ3n) is 14.7. The maximum Gasteiger partial charge on any atom is 0.351 e. The van der Waals surface area contributed by atoms with Crippen molar-refractivity contribution in [2.24, 2.45) is 45.0 Å². The van der Waals surface area contributed by atoms with Crippen LogP contribution in [0.25, 0.3) is 10.6 Å². The summed E-state index contributed by atoms with van der Waals surface area (Å²) in [6.07, 6.45) is -1.60. The number of likely N-dealkylation sites (N-methyl/N-ethyl adjacent to an activating group) is 1. The van der Waals surface area contributed by atoms with Crippen molar-refractivity contribution in [2.75, 3.05) is 26.0 Å². The number of carbonyl (C=O) groups is 5. The third kappa shape index (κ3) is 13.9. The predicted molar refractivity (Wildman–Crippen MR) is 270 cm³/mol. The molecular weight excluding hydrogens is 952 g/mol. The number of thiazole rings is 1. The molecule has 1 saturated carbocycles. The summed E-state index contributed by atoms with van der Waals surface area (Å²) in [4.78, 5) is 87.8. The number of nitrogens with zero attached hydrogens (tertiary/aromatic N) is 5. The van der Waals surface area contributed by atoms with Crippen molar-refractivity contribution in [1.29, 1.82) is 0 Å². The molecule has 4 heterocycles. The summed E-state index contributed by atoms with van der Waals surface area (Å²) in [6, 6.07) is 2.44. The van der Waals surface area contributed by atoms with Crippen molar-refractivity contribution < 1.29 is 57.6 Å². The van der Waals surface area contributed by atoms with E-state index >= 15 is 4.39 Å². The summed E-state index contributed by atoms with van der Waals surface area (Å²) < 4.78 is 36.1. The minimum Gasteiger partial charge on any atom is -0.457 e. The van der Waals surface area contributed by atoms with Gasteiger partial charge in [-0.3, -0.25) is 24.2 Å². The van der Waals surface area contributed by atoms with Gasteiger partial charge in [0.1, 0.15) is 28.6 Å². The number of ether oxygens (including phenoxy) is 3. The van der Waals surface area contributed by atoms with Crippen molar-refractivity contribution in [2.45, 2.75) is 181 Å². The molecular formula is C51H77FN8O11S. The van der Waals surface area contributed by atoms with Crippen LogP contribution in [0.1, 0.15) is 126 Å².